The Labute approximate surface area is 76.6 Å². The Hall–Kier alpha value is -0.720. The van der Waals surface area contributed by atoms with Crippen LogP contribution in [0.25, 0.3) is 0 Å². The first-order valence-electron chi connectivity index (χ1n) is 4.57. The van der Waals surface area contributed by atoms with Crippen molar-refractivity contribution >= 4 is 0 Å². The van der Waals surface area contributed by atoms with Crippen molar-refractivity contribution in [2.75, 3.05) is 6.54 Å². The van der Waals surface area contributed by atoms with Gasteiger partial charge in [0.25, 0.3) is 0 Å². The Morgan fingerprint density at radius 3 is 2.50 bits per heavy atom. The Bertz CT molecular complexity index is 168. The quantitative estimate of drug-likeness (QED) is 0.620. The third-order valence-corrected chi connectivity index (χ3v) is 1.86. The summed E-state index contributed by atoms with van der Waals surface area (Å²) in [5.74, 6) is 0.678. The second kappa shape index (κ2) is 5.87. The Morgan fingerprint density at radius 2 is 2.08 bits per heavy atom. The van der Waals surface area contributed by atoms with Gasteiger partial charge in [-0.15, -0.1) is 6.58 Å². The van der Waals surface area contributed by atoms with Crippen molar-refractivity contribution in [3.05, 3.63) is 23.9 Å². The van der Waals surface area contributed by atoms with E-state index in [1.807, 2.05) is 6.92 Å². The maximum Gasteiger partial charge on any atom is 0.0172 e. The maximum absolute atomic E-state index is 3.90. The number of hydrogen-bond acceptors (Lipinski definition) is 1. The van der Waals surface area contributed by atoms with Gasteiger partial charge in [0.2, 0.25) is 0 Å². The molecule has 0 fully saturated rings. The molecule has 0 unspecified atom stereocenters. The fourth-order valence-corrected chi connectivity index (χ4v) is 1.10. The summed E-state index contributed by atoms with van der Waals surface area (Å²) in [6, 6.07) is 0. The zero-order chi connectivity index (χ0) is 9.56. The van der Waals surface area contributed by atoms with Gasteiger partial charge in [-0.25, -0.2) is 0 Å². The lowest BCUT2D eigenvalue weighted by Crippen LogP contribution is -2.19. The Balaban J connectivity index is 3.57. The number of allylic oxidation sites excluding steroid dienone is 3. The van der Waals surface area contributed by atoms with E-state index in [-0.39, 0.29) is 0 Å². The maximum atomic E-state index is 3.90. The van der Waals surface area contributed by atoms with Crippen LogP contribution in [0.1, 0.15) is 34.1 Å². The molecule has 0 aromatic carbocycles. The third-order valence-electron chi connectivity index (χ3n) is 1.86. The van der Waals surface area contributed by atoms with E-state index in [1.165, 1.54) is 11.3 Å². The van der Waals surface area contributed by atoms with Crippen molar-refractivity contribution < 1.29 is 0 Å². The highest BCUT2D eigenvalue weighted by atomic mass is 14.9. The van der Waals surface area contributed by atoms with Crippen LogP contribution in [-0.2, 0) is 0 Å². The van der Waals surface area contributed by atoms with Crippen LogP contribution in [0, 0.1) is 5.92 Å². The average molecular weight is 167 g/mol. The van der Waals surface area contributed by atoms with E-state index in [9.17, 15) is 0 Å². The molecule has 70 valence electrons. The van der Waals surface area contributed by atoms with Gasteiger partial charge in [0.15, 0.2) is 0 Å². The summed E-state index contributed by atoms with van der Waals surface area (Å²) in [7, 11) is 0. The van der Waals surface area contributed by atoms with E-state index < -0.39 is 0 Å². The molecule has 0 aliphatic heterocycles. The molecule has 0 radical (unpaired) electrons. The highest BCUT2D eigenvalue weighted by molar-refractivity contribution is 4.94. The summed E-state index contributed by atoms with van der Waals surface area (Å²) in [5.41, 5.74) is 2.52. The van der Waals surface area contributed by atoms with Crippen molar-refractivity contribution in [2.24, 2.45) is 5.92 Å². The third kappa shape index (κ3) is 6.02. The van der Waals surface area contributed by atoms with Crippen molar-refractivity contribution in [1.82, 2.24) is 5.32 Å². The molecular formula is C11H21N. The number of rotatable bonds is 5. The lowest BCUT2D eigenvalue weighted by Gasteiger charge is -2.13. The topological polar surface area (TPSA) is 12.0 Å². The van der Waals surface area contributed by atoms with Crippen LogP contribution in [0.5, 0.6) is 0 Å². The monoisotopic (exact) mass is 167 g/mol. The summed E-state index contributed by atoms with van der Waals surface area (Å²) >= 11 is 0. The minimum absolute atomic E-state index is 0.678. The molecule has 1 atom stereocenters. The number of hydrogen-bond donors (Lipinski definition) is 1. The van der Waals surface area contributed by atoms with Crippen LogP contribution in [0.3, 0.4) is 0 Å². The van der Waals surface area contributed by atoms with Gasteiger partial charge in [0, 0.05) is 12.2 Å². The lowest BCUT2D eigenvalue weighted by molar-refractivity contribution is 0.541. The molecule has 0 aromatic rings. The normalized spacial score (nSPS) is 14.2. The second-order valence-corrected chi connectivity index (χ2v) is 3.62. The van der Waals surface area contributed by atoms with E-state index in [2.05, 4.69) is 38.7 Å². The molecule has 0 aliphatic rings. The lowest BCUT2D eigenvalue weighted by atomic mass is 10.0. The zero-order valence-corrected chi connectivity index (χ0v) is 8.78. The molecule has 0 bridgehead atoms. The Kier molecular flexibility index (Phi) is 5.52. The molecule has 0 aromatic heterocycles. The molecule has 0 heterocycles. The molecule has 0 rings (SSSR count). The predicted molar refractivity (Wildman–Crippen MR) is 56.0 cm³/mol. The van der Waals surface area contributed by atoms with Crippen LogP contribution in [-0.4, -0.2) is 6.54 Å². The molecule has 0 saturated carbocycles. The standard InChI is InChI=1S/C11H21N/c1-6-11(5)12-8-10(4)7-9(2)3/h6,10,12H,2,7-8H2,1,3-5H3/b11-6-/t10-/m0/s1. The van der Waals surface area contributed by atoms with Crippen LogP contribution >= 0.6 is 0 Å². The van der Waals surface area contributed by atoms with Gasteiger partial charge < -0.3 is 5.32 Å². The van der Waals surface area contributed by atoms with Crippen molar-refractivity contribution in [3.63, 3.8) is 0 Å². The van der Waals surface area contributed by atoms with Crippen molar-refractivity contribution in [2.45, 2.75) is 34.1 Å². The van der Waals surface area contributed by atoms with E-state index in [1.54, 1.807) is 0 Å². The molecule has 12 heavy (non-hydrogen) atoms. The second-order valence-electron chi connectivity index (χ2n) is 3.62. The first-order valence-corrected chi connectivity index (χ1v) is 4.57. The van der Waals surface area contributed by atoms with E-state index in [4.69, 9.17) is 0 Å². The van der Waals surface area contributed by atoms with Gasteiger partial charge in [0.05, 0.1) is 0 Å². The summed E-state index contributed by atoms with van der Waals surface area (Å²) in [5, 5.41) is 3.36. The minimum Gasteiger partial charge on any atom is -0.389 e. The first kappa shape index (κ1) is 11.3. The van der Waals surface area contributed by atoms with Gasteiger partial charge in [0.1, 0.15) is 0 Å². The molecule has 1 heteroatoms. The van der Waals surface area contributed by atoms with Crippen LogP contribution < -0.4 is 5.32 Å². The number of nitrogens with one attached hydrogen (secondary N) is 1. The minimum atomic E-state index is 0.678. The van der Waals surface area contributed by atoms with Crippen molar-refractivity contribution in [1.29, 1.82) is 0 Å². The molecule has 1 N–H and O–H groups in total. The van der Waals surface area contributed by atoms with E-state index in [0.717, 1.165) is 13.0 Å². The average Bonchev–Trinajstić information content (AvgIpc) is 1.99. The fourth-order valence-electron chi connectivity index (χ4n) is 1.10. The summed E-state index contributed by atoms with van der Waals surface area (Å²) < 4.78 is 0. The van der Waals surface area contributed by atoms with Gasteiger partial charge >= 0.3 is 0 Å². The predicted octanol–water partition coefficient (Wildman–Crippen LogP) is 3.10. The molecule has 0 aliphatic carbocycles. The summed E-state index contributed by atoms with van der Waals surface area (Å²) in [4.78, 5) is 0. The zero-order valence-electron chi connectivity index (χ0n) is 8.78. The Morgan fingerprint density at radius 1 is 1.50 bits per heavy atom. The SMILES string of the molecule is C=C(C)C[C@H](C)CN/C(C)=C\C. The summed E-state index contributed by atoms with van der Waals surface area (Å²) in [6.07, 6.45) is 3.21. The molecular weight excluding hydrogens is 146 g/mol. The van der Waals surface area contributed by atoms with Crippen LogP contribution in [0.2, 0.25) is 0 Å². The molecule has 0 spiro atoms. The smallest absolute Gasteiger partial charge is 0.0172 e. The first-order chi connectivity index (χ1) is 5.56. The molecule has 0 amide bonds. The highest BCUT2D eigenvalue weighted by Crippen LogP contribution is 2.07. The molecule has 0 saturated heterocycles. The van der Waals surface area contributed by atoms with E-state index >= 15 is 0 Å². The van der Waals surface area contributed by atoms with Gasteiger partial charge in [-0.1, -0.05) is 18.6 Å². The van der Waals surface area contributed by atoms with E-state index in [0.29, 0.717) is 5.92 Å². The summed E-state index contributed by atoms with van der Waals surface area (Å²) in [6.45, 7) is 13.4. The van der Waals surface area contributed by atoms with Crippen LogP contribution in [0.4, 0.5) is 0 Å². The van der Waals surface area contributed by atoms with Gasteiger partial charge in [-0.05, 0) is 33.1 Å². The largest absolute Gasteiger partial charge is 0.389 e. The highest BCUT2D eigenvalue weighted by Gasteiger charge is 2.00. The van der Waals surface area contributed by atoms with Gasteiger partial charge in [-0.3, -0.25) is 0 Å². The van der Waals surface area contributed by atoms with Gasteiger partial charge in [-0.2, -0.15) is 0 Å². The van der Waals surface area contributed by atoms with Crippen molar-refractivity contribution in [3.8, 4) is 0 Å². The fraction of sp³-hybridized carbons (Fsp3) is 0.636. The van der Waals surface area contributed by atoms with Crippen LogP contribution in [0.15, 0.2) is 23.9 Å². The molecule has 1 nitrogen and oxygen atoms in total.